The van der Waals surface area contributed by atoms with Crippen molar-refractivity contribution in [3.8, 4) is 0 Å². The molecular formula is C15H14Si. The molecule has 0 spiro atoms. The van der Waals surface area contributed by atoms with Crippen LogP contribution in [0, 0.1) is 0 Å². The largest absolute Gasteiger partial charge is 0.121 e. The number of benzene rings is 2. The SMILES string of the molecule is CC=C([Si]c1ccccc1)c1ccccc1. The van der Waals surface area contributed by atoms with Crippen molar-refractivity contribution in [2.75, 3.05) is 0 Å². The van der Waals surface area contributed by atoms with Crippen LogP contribution in [0.3, 0.4) is 0 Å². The first-order valence-electron chi connectivity index (χ1n) is 5.44. The summed E-state index contributed by atoms with van der Waals surface area (Å²) < 4.78 is 0. The van der Waals surface area contributed by atoms with E-state index in [4.69, 9.17) is 0 Å². The molecule has 0 N–H and O–H groups in total. The molecule has 2 radical (unpaired) electrons. The summed E-state index contributed by atoms with van der Waals surface area (Å²) in [5, 5.41) is 2.80. The summed E-state index contributed by atoms with van der Waals surface area (Å²) in [6.45, 7) is 2.11. The molecule has 2 aromatic carbocycles. The maximum atomic E-state index is 2.21. The van der Waals surface area contributed by atoms with Crippen molar-refractivity contribution in [3.63, 3.8) is 0 Å². The van der Waals surface area contributed by atoms with Crippen LogP contribution < -0.4 is 5.19 Å². The molecule has 0 aliphatic heterocycles. The molecule has 16 heavy (non-hydrogen) atoms. The van der Waals surface area contributed by atoms with Gasteiger partial charge in [0.25, 0.3) is 0 Å². The summed E-state index contributed by atoms with van der Waals surface area (Å²) in [4.78, 5) is 0. The molecule has 78 valence electrons. The van der Waals surface area contributed by atoms with Gasteiger partial charge in [0.2, 0.25) is 0 Å². The molecule has 2 aromatic rings. The first-order chi connectivity index (χ1) is 7.90. The minimum atomic E-state index is 0.734. The van der Waals surface area contributed by atoms with Gasteiger partial charge in [0.05, 0.1) is 0 Å². The highest BCUT2D eigenvalue weighted by atomic mass is 28.2. The monoisotopic (exact) mass is 222 g/mol. The Labute approximate surface area is 99.5 Å². The van der Waals surface area contributed by atoms with Crippen molar-refractivity contribution in [1.29, 1.82) is 0 Å². The lowest BCUT2D eigenvalue weighted by Gasteiger charge is -2.06. The molecule has 2 rings (SSSR count). The first kappa shape index (κ1) is 10.9. The topological polar surface area (TPSA) is 0 Å². The summed E-state index contributed by atoms with van der Waals surface area (Å²) in [5.74, 6) is 0. The van der Waals surface area contributed by atoms with Gasteiger partial charge in [-0.15, -0.1) is 0 Å². The number of hydrogen-bond donors (Lipinski definition) is 0. The molecule has 0 aromatic heterocycles. The van der Waals surface area contributed by atoms with E-state index in [1.54, 1.807) is 0 Å². The van der Waals surface area contributed by atoms with Crippen LogP contribution in [0.15, 0.2) is 66.7 Å². The van der Waals surface area contributed by atoms with Gasteiger partial charge >= 0.3 is 0 Å². The molecule has 0 atom stereocenters. The molecule has 0 aliphatic rings. The smallest absolute Gasteiger partial charge is 0.0879 e. The molecule has 0 saturated carbocycles. The third-order valence-electron chi connectivity index (χ3n) is 2.43. The van der Waals surface area contributed by atoms with E-state index in [9.17, 15) is 0 Å². The summed E-state index contributed by atoms with van der Waals surface area (Å²) >= 11 is 0. The molecule has 0 amide bonds. The fourth-order valence-corrected chi connectivity index (χ4v) is 2.73. The lowest BCUT2D eigenvalue weighted by molar-refractivity contribution is 1.63. The van der Waals surface area contributed by atoms with Gasteiger partial charge in [0, 0.05) is 0 Å². The Hall–Kier alpha value is -1.60. The lowest BCUT2D eigenvalue weighted by Crippen LogP contribution is -2.14. The van der Waals surface area contributed by atoms with Crippen LogP contribution in [-0.4, -0.2) is 9.52 Å². The van der Waals surface area contributed by atoms with Gasteiger partial charge in [-0.2, -0.15) is 0 Å². The van der Waals surface area contributed by atoms with E-state index in [2.05, 4.69) is 73.7 Å². The van der Waals surface area contributed by atoms with Gasteiger partial charge in [-0.1, -0.05) is 77.1 Å². The fourth-order valence-electron chi connectivity index (χ4n) is 1.61. The molecule has 0 unspecified atom stereocenters. The highest BCUT2D eigenvalue weighted by Gasteiger charge is 2.02. The Bertz CT molecular complexity index is 457. The first-order valence-corrected chi connectivity index (χ1v) is 6.44. The Balaban J connectivity index is 2.20. The van der Waals surface area contributed by atoms with Crippen molar-refractivity contribution in [2.24, 2.45) is 0 Å². The average molecular weight is 222 g/mol. The third-order valence-corrected chi connectivity index (χ3v) is 3.89. The highest BCUT2D eigenvalue weighted by Crippen LogP contribution is 2.11. The van der Waals surface area contributed by atoms with E-state index in [0.717, 1.165) is 9.52 Å². The summed E-state index contributed by atoms with van der Waals surface area (Å²) in [6.07, 6.45) is 2.21. The van der Waals surface area contributed by atoms with Crippen LogP contribution in [0.1, 0.15) is 12.5 Å². The lowest BCUT2D eigenvalue weighted by atomic mass is 10.2. The van der Waals surface area contributed by atoms with Crippen molar-refractivity contribution in [2.45, 2.75) is 6.92 Å². The van der Waals surface area contributed by atoms with E-state index in [0.29, 0.717) is 0 Å². The van der Waals surface area contributed by atoms with Crippen molar-refractivity contribution < 1.29 is 0 Å². The molecule has 0 aliphatic carbocycles. The number of hydrogen-bond acceptors (Lipinski definition) is 0. The zero-order valence-electron chi connectivity index (χ0n) is 9.35. The minimum Gasteiger partial charge on any atom is -0.0879 e. The minimum absolute atomic E-state index is 0.734. The van der Waals surface area contributed by atoms with Crippen molar-refractivity contribution >= 4 is 19.9 Å². The Morgan fingerprint density at radius 2 is 1.44 bits per heavy atom. The van der Waals surface area contributed by atoms with Crippen molar-refractivity contribution in [1.82, 2.24) is 0 Å². The van der Waals surface area contributed by atoms with Gasteiger partial charge in [-0.3, -0.25) is 0 Å². The average Bonchev–Trinajstić information content (AvgIpc) is 2.38. The Morgan fingerprint density at radius 3 is 2.00 bits per heavy atom. The zero-order valence-corrected chi connectivity index (χ0v) is 10.4. The molecule has 1 heteroatoms. The Kier molecular flexibility index (Phi) is 3.73. The van der Waals surface area contributed by atoms with E-state index >= 15 is 0 Å². The molecule has 0 heterocycles. The van der Waals surface area contributed by atoms with Gasteiger partial charge in [0.1, 0.15) is 9.52 Å². The number of rotatable bonds is 3. The predicted molar refractivity (Wildman–Crippen MR) is 71.9 cm³/mol. The molecular weight excluding hydrogens is 208 g/mol. The fraction of sp³-hybridized carbons (Fsp3) is 0.0667. The predicted octanol–water partition coefficient (Wildman–Crippen LogP) is 3.08. The van der Waals surface area contributed by atoms with E-state index < -0.39 is 0 Å². The standard InChI is InChI=1S/C15H14Si/c1-2-15(13-9-5-3-6-10-13)16-14-11-7-4-8-12-14/h2-12H,1H3. The summed E-state index contributed by atoms with van der Waals surface area (Å²) in [5.41, 5.74) is 1.33. The second kappa shape index (κ2) is 5.47. The van der Waals surface area contributed by atoms with Crippen LogP contribution in [0.25, 0.3) is 5.20 Å². The van der Waals surface area contributed by atoms with Crippen LogP contribution in [-0.2, 0) is 0 Å². The second-order valence-electron chi connectivity index (χ2n) is 3.56. The molecule has 0 saturated heterocycles. The third kappa shape index (κ3) is 2.71. The van der Waals surface area contributed by atoms with E-state index in [1.807, 2.05) is 0 Å². The van der Waals surface area contributed by atoms with Crippen LogP contribution in [0.5, 0.6) is 0 Å². The molecule has 0 nitrogen and oxygen atoms in total. The highest BCUT2D eigenvalue weighted by molar-refractivity contribution is 6.73. The van der Waals surface area contributed by atoms with E-state index in [1.165, 1.54) is 15.9 Å². The van der Waals surface area contributed by atoms with Crippen LogP contribution >= 0.6 is 0 Å². The quantitative estimate of drug-likeness (QED) is 0.700. The second-order valence-corrected chi connectivity index (χ2v) is 4.93. The van der Waals surface area contributed by atoms with Gasteiger partial charge in [-0.05, 0) is 12.5 Å². The van der Waals surface area contributed by atoms with Gasteiger partial charge < -0.3 is 0 Å². The zero-order chi connectivity index (χ0) is 11.2. The van der Waals surface area contributed by atoms with Crippen molar-refractivity contribution in [3.05, 3.63) is 72.3 Å². The maximum Gasteiger partial charge on any atom is 0.121 e. The molecule has 0 fully saturated rings. The van der Waals surface area contributed by atoms with Crippen LogP contribution in [0.2, 0.25) is 0 Å². The maximum absolute atomic E-state index is 2.21. The summed E-state index contributed by atoms with van der Waals surface area (Å²) in [7, 11) is 0.734. The van der Waals surface area contributed by atoms with Crippen LogP contribution in [0.4, 0.5) is 0 Å². The molecule has 0 bridgehead atoms. The van der Waals surface area contributed by atoms with E-state index in [-0.39, 0.29) is 0 Å². The Morgan fingerprint density at radius 1 is 0.875 bits per heavy atom. The summed E-state index contributed by atoms with van der Waals surface area (Å²) in [6, 6.07) is 21.2. The normalized spacial score (nSPS) is 11.4. The van der Waals surface area contributed by atoms with Gasteiger partial charge in [0.15, 0.2) is 0 Å². The van der Waals surface area contributed by atoms with Gasteiger partial charge in [-0.25, -0.2) is 0 Å². The number of allylic oxidation sites excluding steroid dienone is 1.